The molecule has 0 radical (unpaired) electrons. The van der Waals surface area contributed by atoms with Gasteiger partial charge in [-0.3, -0.25) is 0 Å². The van der Waals surface area contributed by atoms with Crippen molar-refractivity contribution in [2.24, 2.45) is 0 Å². The summed E-state index contributed by atoms with van der Waals surface area (Å²) in [6.07, 6.45) is 0.944. The van der Waals surface area contributed by atoms with Crippen LogP contribution in [0.3, 0.4) is 0 Å². The van der Waals surface area contributed by atoms with Crippen LogP contribution >= 0.6 is 0 Å². The van der Waals surface area contributed by atoms with E-state index in [0.29, 0.717) is 18.0 Å². The second-order valence-electron chi connectivity index (χ2n) is 4.79. The highest BCUT2D eigenvalue weighted by Crippen LogP contribution is 2.35. The van der Waals surface area contributed by atoms with Crippen LogP contribution in [0.25, 0.3) is 0 Å². The Morgan fingerprint density at radius 1 is 1.10 bits per heavy atom. The monoisotopic (exact) mass is 286 g/mol. The normalized spacial score (nSPS) is 12.2. The number of anilines is 3. The van der Waals surface area contributed by atoms with Crippen molar-refractivity contribution in [1.82, 2.24) is 0 Å². The molecule has 2 aromatic carbocycles. The van der Waals surface area contributed by atoms with E-state index in [1.165, 1.54) is 0 Å². The molecule has 21 heavy (non-hydrogen) atoms. The minimum Gasteiger partial charge on any atom is -0.491 e. The van der Waals surface area contributed by atoms with Gasteiger partial charge in [0, 0.05) is 23.5 Å². The van der Waals surface area contributed by atoms with E-state index in [4.69, 9.17) is 19.9 Å². The Kier molecular flexibility index (Phi) is 3.73. The topological polar surface area (TPSA) is 65.7 Å². The lowest BCUT2D eigenvalue weighted by atomic mass is 10.2. The Morgan fingerprint density at radius 2 is 1.86 bits per heavy atom. The summed E-state index contributed by atoms with van der Waals surface area (Å²) >= 11 is 0. The molecule has 5 heteroatoms. The maximum atomic E-state index is 5.91. The number of nitrogens with one attached hydrogen (secondary N) is 1. The van der Waals surface area contributed by atoms with Crippen LogP contribution in [-0.2, 0) is 0 Å². The molecule has 0 fully saturated rings. The molecule has 0 atom stereocenters. The summed E-state index contributed by atoms with van der Waals surface area (Å²) in [5.74, 6) is 2.21. The third-order valence-electron chi connectivity index (χ3n) is 3.14. The fourth-order valence-electron chi connectivity index (χ4n) is 2.09. The molecule has 1 aliphatic heterocycles. The Hall–Kier alpha value is -2.56. The summed E-state index contributed by atoms with van der Waals surface area (Å²) < 4.78 is 16.3. The van der Waals surface area contributed by atoms with Crippen molar-refractivity contribution in [2.45, 2.75) is 13.3 Å². The summed E-state index contributed by atoms with van der Waals surface area (Å²) in [6, 6.07) is 11.4. The van der Waals surface area contributed by atoms with Gasteiger partial charge in [-0.15, -0.1) is 0 Å². The number of hydrogen-bond donors (Lipinski definition) is 2. The van der Waals surface area contributed by atoms with E-state index in [0.717, 1.165) is 29.3 Å². The molecule has 1 heterocycles. The lowest BCUT2D eigenvalue weighted by Gasteiger charge is -2.12. The van der Waals surface area contributed by atoms with Gasteiger partial charge in [0.15, 0.2) is 11.5 Å². The quantitative estimate of drug-likeness (QED) is 0.823. The van der Waals surface area contributed by atoms with Gasteiger partial charge in [-0.25, -0.2) is 0 Å². The van der Waals surface area contributed by atoms with Gasteiger partial charge >= 0.3 is 0 Å². The van der Waals surface area contributed by atoms with Crippen LogP contribution in [0.15, 0.2) is 36.4 Å². The predicted molar refractivity (Wildman–Crippen MR) is 82.5 cm³/mol. The van der Waals surface area contributed by atoms with Gasteiger partial charge in [0.05, 0.1) is 12.3 Å². The Morgan fingerprint density at radius 3 is 2.71 bits per heavy atom. The Bertz CT molecular complexity index is 643. The minimum absolute atomic E-state index is 0.273. The SMILES string of the molecule is CCCOc1cc(Nc2ccc3c(c2)OCO3)ccc1N. The van der Waals surface area contributed by atoms with Gasteiger partial charge < -0.3 is 25.3 Å². The summed E-state index contributed by atoms with van der Waals surface area (Å²) in [4.78, 5) is 0. The van der Waals surface area contributed by atoms with Crippen molar-refractivity contribution in [2.75, 3.05) is 24.5 Å². The van der Waals surface area contributed by atoms with Gasteiger partial charge in [0.1, 0.15) is 5.75 Å². The average molecular weight is 286 g/mol. The van der Waals surface area contributed by atoms with E-state index in [9.17, 15) is 0 Å². The standard InChI is InChI=1S/C16H18N2O3/c1-2-7-19-15-8-11(3-5-13(15)17)18-12-4-6-14-16(9-12)21-10-20-14/h3-6,8-9,18H,2,7,10,17H2,1H3. The van der Waals surface area contributed by atoms with Crippen molar-refractivity contribution in [1.29, 1.82) is 0 Å². The first-order chi connectivity index (χ1) is 10.3. The molecule has 2 aromatic rings. The second kappa shape index (κ2) is 5.83. The number of nitrogens with two attached hydrogens (primary N) is 1. The summed E-state index contributed by atoms with van der Waals surface area (Å²) in [6.45, 7) is 2.98. The molecule has 110 valence electrons. The highest BCUT2D eigenvalue weighted by Gasteiger charge is 2.13. The average Bonchev–Trinajstić information content (AvgIpc) is 2.95. The fourth-order valence-corrected chi connectivity index (χ4v) is 2.09. The van der Waals surface area contributed by atoms with E-state index in [1.807, 2.05) is 36.4 Å². The van der Waals surface area contributed by atoms with Crippen molar-refractivity contribution < 1.29 is 14.2 Å². The molecule has 3 rings (SSSR count). The van der Waals surface area contributed by atoms with Gasteiger partial charge in [0.25, 0.3) is 0 Å². The Balaban J connectivity index is 1.78. The van der Waals surface area contributed by atoms with Gasteiger partial charge in [-0.1, -0.05) is 6.92 Å². The summed E-state index contributed by atoms with van der Waals surface area (Å²) in [7, 11) is 0. The van der Waals surface area contributed by atoms with Crippen molar-refractivity contribution in [3.8, 4) is 17.2 Å². The van der Waals surface area contributed by atoms with Gasteiger partial charge in [-0.2, -0.15) is 0 Å². The molecule has 3 N–H and O–H groups in total. The van der Waals surface area contributed by atoms with Crippen molar-refractivity contribution in [3.05, 3.63) is 36.4 Å². The number of nitrogen functional groups attached to an aromatic ring is 1. The third kappa shape index (κ3) is 2.97. The number of rotatable bonds is 5. The molecule has 0 amide bonds. The van der Waals surface area contributed by atoms with Crippen LogP contribution in [0, 0.1) is 0 Å². The fraction of sp³-hybridized carbons (Fsp3) is 0.250. The van der Waals surface area contributed by atoms with E-state index in [2.05, 4.69) is 12.2 Å². The van der Waals surface area contributed by atoms with E-state index < -0.39 is 0 Å². The minimum atomic E-state index is 0.273. The van der Waals surface area contributed by atoms with Crippen LogP contribution in [0.4, 0.5) is 17.1 Å². The predicted octanol–water partition coefficient (Wildman–Crippen LogP) is 3.53. The first-order valence-corrected chi connectivity index (χ1v) is 6.95. The third-order valence-corrected chi connectivity index (χ3v) is 3.14. The first-order valence-electron chi connectivity index (χ1n) is 6.95. The maximum Gasteiger partial charge on any atom is 0.231 e. The maximum absolute atomic E-state index is 5.91. The molecule has 0 aromatic heterocycles. The largest absolute Gasteiger partial charge is 0.491 e. The van der Waals surface area contributed by atoms with E-state index in [-0.39, 0.29) is 6.79 Å². The van der Waals surface area contributed by atoms with Crippen molar-refractivity contribution in [3.63, 3.8) is 0 Å². The molecule has 5 nitrogen and oxygen atoms in total. The van der Waals surface area contributed by atoms with Crippen LogP contribution in [0.1, 0.15) is 13.3 Å². The summed E-state index contributed by atoms with van der Waals surface area (Å²) in [5.41, 5.74) is 8.38. The zero-order valence-electron chi connectivity index (χ0n) is 11.9. The molecule has 0 spiro atoms. The zero-order valence-corrected chi connectivity index (χ0v) is 11.9. The number of benzene rings is 2. The van der Waals surface area contributed by atoms with E-state index in [1.54, 1.807) is 0 Å². The number of fused-ring (bicyclic) bond motifs is 1. The van der Waals surface area contributed by atoms with E-state index >= 15 is 0 Å². The Labute approximate surface area is 123 Å². The smallest absolute Gasteiger partial charge is 0.231 e. The van der Waals surface area contributed by atoms with Gasteiger partial charge in [-0.05, 0) is 30.7 Å². The molecule has 0 unspecified atom stereocenters. The van der Waals surface area contributed by atoms with Crippen LogP contribution in [0.5, 0.6) is 17.2 Å². The van der Waals surface area contributed by atoms with Crippen LogP contribution in [-0.4, -0.2) is 13.4 Å². The summed E-state index contributed by atoms with van der Waals surface area (Å²) in [5, 5.41) is 3.31. The molecule has 0 aliphatic carbocycles. The highest BCUT2D eigenvalue weighted by molar-refractivity contribution is 5.68. The molecule has 0 saturated heterocycles. The molecule has 0 saturated carbocycles. The van der Waals surface area contributed by atoms with Gasteiger partial charge in [0.2, 0.25) is 6.79 Å². The lowest BCUT2D eigenvalue weighted by molar-refractivity contribution is 0.174. The first kappa shape index (κ1) is 13.4. The zero-order chi connectivity index (χ0) is 14.7. The second-order valence-corrected chi connectivity index (χ2v) is 4.79. The number of hydrogen-bond acceptors (Lipinski definition) is 5. The number of ether oxygens (including phenoxy) is 3. The molecule has 1 aliphatic rings. The van der Waals surface area contributed by atoms with Crippen LogP contribution in [0.2, 0.25) is 0 Å². The van der Waals surface area contributed by atoms with Crippen LogP contribution < -0.4 is 25.3 Å². The van der Waals surface area contributed by atoms with Crippen molar-refractivity contribution >= 4 is 17.1 Å². The molecular weight excluding hydrogens is 268 g/mol. The molecular formula is C16H18N2O3. The molecule has 0 bridgehead atoms. The highest BCUT2D eigenvalue weighted by atomic mass is 16.7. The lowest BCUT2D eigenvalue weighted by Crippen LogP contribution is -2.00.